The number of piperazine rings is 1. The van der Waals surface area contributed by atoms with Crippen molar-refractivity contribution in [2.45, 2.75) is 13.1 Å². The maximum Gasteiger partial charge on any atom is 0.170 e. The van der Waals surface area contributed by atoms with Crippen LogP contribution in [0.15, 0.2) is 60.7 Å². The van der Waals surface area contributed by atoms with Crippen molar-refractivity contribution in [3.63, 3.8) is 0 Å². The summed E-state index contributed by atoms with van der Waals surface area (Å²) < 4.78 is 1.83. The van der Waals surface area contributed by atoms with Crippen molar-refractivity contribution < 1.29 is 0 Å². The molecule has 0 amide bonds. The van der Waals surface area contributed by atoms with Crippen molar-refractivity contribution in [3.8, 4) is 5.69 Å². The minimum atomic E-state index is 0.779. The monoisotopic (exact) mass is 334 g/mol. The third-order valence-electron chi connectivity index (χ3n) is 4.61. The summed E-state index contributed by atoms with van der Waals surface area (Å²) in [6, 6.07) is 20.7. The van der Waals surface area contributed by atoms with Gasteiger partial charge < -0.3 is 0 Å². The summed E-state index contributed by atoms with van der Waals surface area (Å²) in [5.41, 5.74) is 2.38. The summed E-state index contributed by atoms with van der Waals surface area (Å²) in [6.07, 6.45) is 0. The molecule has 3 aromatic rings. The summed E-state index contributed by atoms with van der Waals surface area (Å²) >= 11 is 0. The predicted molar refractivity (Wildman–Crippen MR) is 96.2 cm³/mol. The van der Waals surface area contributed by atoms with E-state index in [-0.39, 0.29) is 0 Å². The summed E-state index contributed by atoms with van der Waals surface area (Å²) in [6.45, 7) is 6.02. The smallest absolute Gasteiger partial charge is 0.170 e. The third-order valence-corrected chi connectivity index (χ3v) is 4.61. The van der Waals surface area contributed by atoms with Gasteiger partial charge in [-0.25, -0.2) is 0 Å². The number of hydrogen-bond donors (Lipinski definition) is 0. The van der Waals surface area contributed by atoms with E-state index in [0.717, 1.165) is 50.8 Å². The number of benzene rings is 2. The molecule has 6 heteroatoms. The van der Waals surface area contributed by atoms with Crippen LogP contribution in [0.5, 0.6) is 0 Å². The van der Waals surface area contributed by atoms with Crippen LogP contribution in [0.2, 0.25) is 0 Å². The third kappa shape index (κ3) is 3.92. The van der Waals surface area contributed by atoms with Crippen LogP contribution in [-0.4, -0.2) is 56.2 Å². The maximum absolute atomic E-state index is 4.22. The molecule has 1 aliphatic rings. The number of tetrazole rings is 1. The number of nitrogens with zero attached hydrogens (tertiary/aromatic N) is 6. The highest BCUT2D eigenvalue weighted by atomic mass is 15.5. The molecule has 0 saturated carbocycles. The Morgan fingerprint density at radius 3 is 2.00 bits per heavy atom. The highest BCUT2D eigenvalue weighted by Gasteiger charge is 2.19. The summed E-state index contributed by atoms with van der Waals surface area (Å²) in [4.78, 5) is 4.93. The van der Waals surface area contributed by atoms with Gasteiger partial charge in [0.15, 0.2) is 5.82 Å². The number of para-hydroxylation sites is 1. The zero-order chi connectivity index (χ0) is 16.9. The van der Waals surface area contributed by atoms with Crippen molar-refractivity contribution in [3.05, 3.63) is 72.1 Å². The molecule has 0 bridgehead atoms. The van der Waals surface area contributed by atoms with Gasteiger partial charge in [0, 0.05) is 32.7 Å². The minimum Gasteiger partial charge on any atom is -0.297 e. The molecule has 0 radical (unpaired) electrons. The molecule has 0 spiro atoms. The van der Waals surface area contributed by atoms with Crippen LogP contribution in [0.1, 0.15) is 11.4 Å². The molecular formula is C19H22N6. The second-order valence-electron chi connectivity index (χ2n) is 6.38. The van der Waals surface area contributed by atoms with E-state index >= 15 is 0 Å². The Labute approximate surface area is 147 Å². The van der Waals surface area contributed by atoms with Crippen LogP contribution < -0.4 is 0 Å². The lowest BCUT2D eigenvalue weighted by Crippen LogP contribution is -2.45. The van der Waals surface area contributed by atoms with E-state index in [2.05, 4.69) is 55.7 Å². The van der Waals surface area contributed by atoms with Gasteiger partial charge in [-0.3, -0.25) is 9.80 Å². The van der Waals surface area contributed by atoms with Crippen molar-refractivity contribution in [2.75, 3.05) is 26.2 Å². The van der Waals surface area contributed by atoms with Gasteiger partial charge >= 0.3 is 0 Å². The van der Waals surface area contributed by atoms with Crippen LogP contribution >= 0.6 is 0 Å². The number of rotatable bonds is 5. The van der Waals surface area contributed by atoms with E-state index in [1.54, 1.807) is 0 Å². The van der Waals surface area contributed by atoms with E-state index in [0.29, 0.717) is 0 Å². The molecule has 0 atom stereocenters. The standard InChI is InChI=1S/C19H22N6/c1-3-7-17(8-4-1)15-23-11-13-24(14-12-23)16-19-20-21-22-25(19)18-9-5-2-6-10-18/h1-10H,11-16H2. The first-order valence-electron chi connectivity index (χ1n) is 8.70. The average Bonchev–Trinajstić information content (AvgIpc) is 3.13. The summed E-state index contributed by atoms with van der Waals surface area (Å²) in [7, 11) is 0. The molecule has 1 fully saturated rings. The molecule has 4 rings (SSSR count). The zero-order valence-electron chi connectivity index (χ0n) is 14.2. The molecule has 6 nitrogen and oxygen atoms in total. The molecular weight excluding hydrogens is 312 g/mol. The molecule has 25 heavy (non-hydrogen) atoms. The molecule has 1 aromatic heterocycles. The first kappa shape index (κ1) is 15.9. The Kier molecular flexibility index (Phi) is 4.81. The van der Waals surface area contributed by atoms with Gasteiger partial charge in [-0.05, 0) is 28.1 Å². The quantitative estimate of drug-likeness (QED) is 0.714. The Balaban J connectivity index is 1.34. The molecule has 0 unspecified atom stereocenters. The van der Waals surface area contributed by atoms with E-state index < -0.39 is 0 Å². The Morgan fingerprint density at radius 2 is 1.32 bits per heavy atom. The second-order valence-corrected chi connectivity index (χ2v) is 6.38. The largest absolute Gasteiger partial charge is 0.297 e. The first-order valence-corrected chi connectivity index (χ1v) is 8.70. The predicted octanol–water partition coefficient (Wildman–Crippen LogP) is 1.98. The molecule has 2 aromatic carbocycles. The lowest BCUT2D eigenvalue weighted by atomic mass is 10.2. The van der Waals surface area contributed by atoms with Gasteiger partial charge in [0.25, 0.3) is 0 Å². The van der Waals surface area contributed by atoms with Gasteiger partial charge in [0.05, 0.1) is 12.2 Å². The molecule has 2 heterocycles. The number of hydrogen-bond acceptors (Lipinski definition) is 5. The van der Waals surface area contributed by atoms with Gasteiger partial charge in [-0.15, -0.1) is 5.10 Å². The molecule has 1 saturated heterocycles. The fraction of sp³-hybridized carbons (Fsp3) is 0.316. The van der Waals surface area contributed by atoms with E-state index in [1.807, 2.05) is 35.0 Å². The van der Waals surface area contributed by atoms with Crippen molar-refractivity contribution in [1.29, 1.82) is 0 Å². The summed E-state index contributed by atoms with van der Waals surface area (Å²) in [5, 5.41) is 12.2. The molecule has 128 valence electrons. The topological polar surface area (TPSA) is 50.1 Å². The average molecular weight is 334 g/mol. The highest BCUT2D eigenvalue weighted by molar-refractivity contribution is 5.30. The van der Waals surface area contributed by atoms with Crippen LogP contribution in [0.25, 0.3) is 5.69 Å². The fourth-order valence-electron chi connectivity index (χ4n) is 3.22. The molecule has 0 aliphatic carbocycles. The fourth-order valence-corrected chi connectivity index (χ4v) is 3.22. The van der Waals surface area contributed by atoms with Crippen molar-refractivity contribution in [1.82, 2.24) is 30.0 Å². The minimum absolute atomic E-state index is 0.779. The second kappa shape index (κ2) is 7.55. The lowest BCUT2D eigenvalue weighted by molar-refractivity contribution is 0.119. The van der Waals surface area contributed by atoms with Crippen LogP contribution in [0, 0.1) is 0 Å². The van der Waals surface area contributed by atoms with Crippen molar-refractivity contribution in [2.24, 2.45) is 0 Å². The molecule has 1 aliphatic heterocycles. The number of aromatic nitrogens is 4. The first-order chi connectivity index (χ1) is 12.4. The van der Waals surface area contributed by atoms with Gasteiger partial charge in [-0.1, -0.05) is 48.5 Å². The Morgan fingerprint density at radius 1 is 0.720 bits per heavy atom. The summed E-state index contributed by atoms with van der Waals surface area (Å²) in [5.74, 6) is 0.891. The Bertz CT molecular complexity index is 778. The van der Waals surface area contributed by atoms with Crippen LogP contribution in [0.4, 0.5) is 0 Å². The van der Waals surface area contributed by atoms with E-state index in [9.17, 15) is 0 Å². The van der Waals surface area contributed by atoms with Gasteiger partial charge in [0.1, 0.15) is 0 Å². The zero-order valence-corrected chi connectivity index (χ0v) is 14.2. The maximum atomic E-state index is 4.22. The van der Waals surface area contributed by atoms with Gasteiger partial charge in [0.2, 0.25) is 0 Å². The lowest BCUT2D eigenvalue weighted by Gasteiger charge is -2.34. The highest BCUT2D eigenvalue weighted by Crippen LogP contribution is 2.12. The SMILES string of the molecule is c1ccc(CN2CCN(Cc3nnnn3-c3ccccc3)CC2)cc1. The van der Waals surface area contributed by atoms with E-state index in [4.69, 9.17) is 0 Å². The van der Waals surface area contributed by atoms with Crippen LogP contribution in [-0.2, 0) is 13.1 Å². The van der Waals surface area contributed by atoms with Crippen LogP contribution in [0.3, 0.4) is 0 Å². The van der Waals surface area contributed by atoms with Gasteiger partial charge in [-0.2, -0.15) is 4.68 Å². The van der Waals surface area contributed by atoms with Crippen molar-refractivity contribution >= 4 is 0 Å². The van der Waals surface area contributed by atoms with E-state index in [1.165, 1.54) is 5.56 Å². The normalized spacial score (nSPS) is 16.2. The molecule has 0 N–H and O–H groups in total. The Hall–Kier alpha value is -2.57.